The van der Waals surface area contributed by atoms with E-state index < -0.39 is 0 Å². The van der Waals surface area contributed by atoms with Crippen molar-refractivity contribution in [1.82, 2.24) is 39.5 Å². The number of hydrogen-bond donors (Lipinski definition) is 3. The van der Waals surface area contributed by atoms with Gasteiger partial charge in [-0.3, -0.25) is 19.4 Å². The molecule has 1 fully saturated rings. The zero-order valence-electron chi connectivity index (χ0n) is 22.4. The molecular formula is C26H34N10O2. The summed E-state index contributed by atoms with van der Waals surface area (Å²) in [5.41, 5.74) is 5.29. The smallest absolute Gasteiger partial charge is 0.256 e. The van der Waals surface area contributed by atoms with Gasteiger partial charge in [0.05, 0.1) is 41.8 Å². The first-order chi connectivity index (χ1) is 18.4. The van der Waals surface area contributed by atoms with Crippen LogP contribution in [-0.2, 0) is 11.8 Å². The fraction of sp³-hybridized carbons (Fsp3) is 0.423. The minimum Gasteiger partial charge on any atom is -0.478 e. The number of carbonyl (C=O) groups excluding carboxylic acids is 1. The van der Waals surface area contributed by atoms with Crippen molar-refractivity contribution in [2.45, 2.75) is 26.3 Å². The van der Waals surface area contributed by atoms with Crippen molar-refractivity contribution in [2.24, 2.45) is 7.05 Å². The highest BCUT2D eigenvalue weighted by Crippen LogP contribution is 2.33. The molecule has 1 amide bonds. The summed E-state index contributed by atoms with van der Waals surface area (Å²) in [6, 6.07) is 1.65. The minimum atomic E-state index is -0.177. The first-order valence-electron chi connectivity index (χ1n) is 12.8. The molecule has 1 aliphatic rings. The van der Waals surface area contributed by atoms with Crippen LogP contribution in [0, 0.1) is 6.92 Å². The number of aryl methyl sites for hydroxylation is 2. The molecule has 0 aliphatic carbocycles. The highest BCUT2D eigenvalue weighted by atomic mass is 16.5. The minimum absolute atomic E-state index is 0.00387. The van der Waals surface area contributed by atoms with Gasteiger partial charge in [0, 0.05) is 57.4 Å². The first kappa shape index (κ1) is 25.6. The monoisotopic (exact) mass is 518 g/mol. The van der Waals surface area contributed by atoms with Gasteiger partial charge < -0.3 is 25.3 Å². The number of anilines is 3. The van der Waals surface area contributed by atoms with Crippen molar-refractivity contribution in [3.8, 4) is 17.1 Å². The number of nitrogens with one attached hydrogen (secondary N) is 3. The summed E-state index contributed by atoms with van der Waals surface area (Å²) in [6.07, 6.45) is 7.89. The van der Waals surface area contributed by atoms with Gasteiger partial charge in [0.25, 0.3) is 5.88 Å². The van der Waals surface area contributed by atoms with Crippen LogP contribution < -0.4 is 15.4 Å². The maximum Gasteiger partial charge on any atom is 0.256 e. The van der Waals surface area contributed by atoms with Gasteiger partial charge in [-0.05, 0) is 32.0 Å². The van der Waals surface area contributed by atoms with Crippen LogP contribution in [0.4, 0.5) is 17.3 Å². The van der Waals surface area contributed by atoms with E-state index in [4.69, 9.17) is 9.72 Å². The molecule has 5 heterocycles. The van der Waals surface area contributed by atoms with Crippen molar-refractivity contribution in [3.05, 3.63) is 36.4 Å². The summed E-state index contributed by atoms with van der Waals surface area (Å²) in [6.45, 7) is 7.71. The third kappa shape index (κ3) is 5.04. The van der Waals surface area contributed by atoms with Gasteiger partial charge in [0.2, 0.25) is 11.9 Å². The molecule has 0 spiro atoms. The number of fused-ring (bicyclic) bond motifs is 1. The molecule has 12 heteroatoms. The highest BCUT2D eigenvalue weighted by Gasteiger charge is 2.27. The number of amides is 1. The van der Waals surface area contributed by atoms with Crippen LogP contribution in [0.1, 0.15) is 18.9 Å². The van der Waals surface area contributed by atoms with Crippen LogP contribution >= 0.6 is 0 Å². The van der Waals surface area contributed by atoms with E-state index in [-0.39, 0.29) is 11.9 Å². The Bertz CT molecular complexity index is 1440. The average Bonchev–Trinajstić information content (AvgIpc) is 3.50. The second-order valence-electron chi connectivity index (χ2n) is 9.61. The van der Waals surface area contributed by atoms with E-state index in [0.29, 0.717) is 23.2 Å². The molecular weight excluding hydrogens is 484 g/mol. The molecule has 0 bridgehead atoms. The van der Waals surface area contributed by atoms with E-state index in [9.17, 15) is 4.79 Å². The number of likely N-dealkylation sites (N-methyl/N-ethyl adjacent to an activating group) is 1. The maximum atomic E-state index is 13.3. The number of ether oxygens (including phenoxy) is 1. The standard InChI is InChI=1S/C26H34N10O2/c1-6-20(36-11-9-34(3)10-12-36)24(37)30-18-7-8-27-22-17(14-28-23(18)22)21-16(2)13-29-26(32-21)31-19-15-35(4)33-25(19)38-5/h7-8,13-15,20,28H,6,9-12H2,1-5H3,(H,27,30,37)(H,29,31,32). The van der Waals surface area contributed by atoms with E-state index in [1.165, 1.54) is 0 Å². The van der Waals surface area contributed by atoms with Crippen molar-refractivity contribution >= 4 is 34.3 Å². The number of pyridine rings is 1. The number of methoxy groups -OCH3 is 1. The molecule has 1 atom stereocenters. The van der Waals surface area contributed by atoms with Crippen LogP contribution in [-0.4, -0.2) is 91.8 Å². The third-order valence-electron chi connectivity index (χ3n) is 6.95. The highest BCUT2D eigenvalue weighted by molar-refractivity contribution is 6.05. The Labute approximate surface area is 221 Å². The molecule has 1 unspecified atom stereocenters. The summed E-state index contributed by atoms with van der Waals surface area (Å²) >= 11 is 0. The summed E-state index contributed by atoms with van der Waals surface area (Å²) in [5, 5.41) is 10.6. The summed E-state index contributed by atoms with van der Waals surface area (Å²) in [4.78, 5) is 35.0. The predicted molar refractivity (Wildman–Crippen MR) is 147 cm³/mol. The van der Waals surface area contributed by atoms with Gasteiger partial charge in [0.15, 0.2) is 0 Å². The Morgan fingerprint density at radius 2 is 1.97 bits per heavy atom. The van der Waals surface area contributed by atoms with Gasteiger partial charge in [0.1, 0.15) is 5.69 Å². The zero-order valence-corrected chi connectivity index (χ0v) is 22.4. The Kier molecular flexibility index (Phi) is 7.25. The molecule has 1 aliphatic heterocycles. The molecule has 38 heavy (non-hydrogen) atoms. The van der Waals surface area contributed by atoms with E-state index >= 15 is 0 Å². The van der Waals surface area contributed by atoms with E-state index in [1.807, 2.05) is 26.2 Å². The summed E-state index contributed by atoms with van der Waals surface area (Å²) in [5.74, 6) is 0.860. The lowest BCUT2D eigenvalue weighted by atomic mass is 10.1. The average molecular weight is 519 g/mol. The van der Waals surface area contributed by atoms with Crippen LogP contribution in [0.25, 0.3) is 22.3 Å². The van der Waals surface area contributed by atoms with E-state index in [0.717, 1.165) is 60.5 Å². The van der Waals surface area contributed by atoms with Crippen molar-refractivity contribution < 1.29 is 9.53 Å². The number of carbonyl (C=O) groups is 1. The van der Waals surface area contributed by atoms with E-state index in [2.05, 4.69) is 54.5 Å². The molecule has 4 aromatic rings. The SMILES string of the molecule is CCC(C(=O)Nc1ccnc2c(-c3nc(Nc4cn(C)nc4OC)ncc3C)c[nH]c12)N1CCN(C)CC1. The van der Waals surface area contributed by atoms with Crippen LogP contribution in [0.2, 0.25) is 0 Å². The number of aromatic nitrogens is 6. The number of piperazine rings is 1. The van der Waals surface area contributed by atoms with Crippen LogP contribution in [0.5, 0.6) is 5.88 Å². The molecule has 1 saturated heterocycles. The Balaban J connectivity index is 1.41. The quantitative estimate of drug-likeness (QED) is 0.322. The normalized spacial score (nSPS) is 15.5. The Hall–Kier alpha value is -4.03. The van der Waals surface area contributed by atoms with Crippen molar-refractivity contribution in [2.75, 3.05) is 51.0 Å². The molecule has 0 radical (unpaired) electrons. The zero-order chi connectivity index (χ0) is 26.8. The Morgan fingerprint density at radius 3 is 2.71 bits per heavy atom. The molecule has 5 rings (SSSR count). The second-order valence-corrected chi connectivity index (χ2v) is 9.61. The predicted octanol–water partition coefficient (Wildman–Crippen LogP) is 2.78. The first-order valence-corrected chi connectivity index (χ1v) is 12.8. The maximum absolute atomic E-state index is 13.3. The van der Waals surface area contributed by atoms with Gasteiger partial charge in [-0.25, -0.2) is 9.97 Å². The number of rotatable bonds is 8. The lowest BCUT2D eigenvalue weighted by molar-refractivity contribution is -0.122. The lowest BCUT2D eigenvalue weighted by Gasteiger charge is -2.36. The van der Waals surface area contributed by atoms with Crippen LogP contribution in [0.15, 0.2) is 30.9 Å². The number of H-pyrrole nitrogens is 1. The molecule has 3 N–H and O–H groups in total. The summed E-state index contributed by atoms with van der Waals surface area (Å²) in [7, 11) is 5.50. The van der Waals surface area contributed by atoms with Gasteiger partial charge >= 0.3 is 0 Å². The van der Waals surface area contributed by atoms with Gasteiger partial charge in [-0.2, -0.15) is 0 Å². The lowest BCUT2D eigenvalue weighted by Crippen LogP contribution is -2.52. The number of aromatic amines is 1. The third-order valence-corrected chi connectivity index (χ3v) is 6.95. The largest absolute Gasteiger partial charge is 0.478 e. The van der Waals surface area contributed by atoms with E-state index in [1.54, 1.807) is 30.4 Å². The van der Waals surface area contributed by atoms with Gasteiger partial charge in [-0.15, -0.1) is 5.10 Å². The van der Waals surface area contributed by atoms with Crippen molar-refractivity contribution in [1.29, 1.82) is 0 Å². The molecule has 4 aromatic heterocycles. The topological polar surface area (TPSA) is 129 Å². The number of hydrogen-bond acceptors (Lipinski definition) is 9. The van der Waals surface area contributed by atoms with Crippen LogP contribution in [0.3, 0.4) is 0 Å². The molecule has 12 nitrogen and oxygen atoms in total. The molecule has 0 saturated carbocycles. The fourth-order valence-corrected chi connectivity index (χ4v) is 4.87. The van der Waals surface area contributed by atoms with Crippen molar-refractivity contribution in [3.63, 3.8) is 0 Å². The Morgan fingerprint density at radius 1 is 1.18 bits per heavy atom. The fourth-order valence-electron chi connectivity index (χ4n) is 4.87. The van der Waals surface area contributed by atoms with Gasteiger partial charge in [-0.1, -0.05) is 6.92 Å². The number of nitrogens with zero attached hydrogens (tertiary/aromatic N) is 7. The molecule has 200 valence electrons. The molecule has 0 aromatic carbocycles. The summed E-state index contributed by atoms with van der Waals surface area (Å²) < 4.78 is 6.99. The second kappa shape index (κ2) is 10.8.